The third-order valence-corrected chi connectivity index (χ3v) is 3.75. The van der Waals surface area contributed by atoms with Crippen LogP contribution in [0.25, 0.3) is 0 Å². The van der Waals surface area contributed by atoms with E-state index in [-0.39, 0.29) is 30.5 Å². The second-order valence-corrected chi connectivity index (χ2v) is 5.58. The molecule has 5 nitrogen and oxygen atoms in total. The summed E-state index contributed by atoms with van der Waals surface area (Å²) in [5, 5.41) is 3.34. The quantitative estimate of drug-likeness (QED) is 0.797. The lowest BCUT2D eigenvalue weighted by molar-refractivity contribution is -0.145. The molecule has 19 heavy (non-hydrogen) atoms. The van der Waals surface area contributed by atoms with Gasteiger partial charge in [-0.2, -0.15) is 0 Å². The molecule has 6 heteroatoms. The molecule has 112 valence electrons. The molecule has 2 saturated heterocycles. The third kappa shape index (κ3) is 4.60. The Morgan fingerprint density at radius 3 is 2.47 bits per heavy atom. The monoisotopic (exact) mass is 291 g/mol. The maximum Gasteiger partial charge on any atom is 0.236 e. The van der Waals surface area contributed by atoms with E-state index in [1.807, 2.05) is 18.7 Å². The van der Waals surface area contributed by atoms with E-state index in [4.69, 9.17) is 4.74 Å². The molecular weight excluding hydrogens is 266 g/mol. The molecule has 0 aromatic heterocycles. The van der Waals surface area contributed by atoms with Gasteiger partial charge in [-0.3, -0.25) is 9.69 Å². The summed E-state index contributed by atoms with van der Waals surface area (Å²) >= 11 is 0. The van der Waals surface area contributed by atoms with E-state index in [0.717, 1.165) is 32.7 Å². The van der Waals surface area contributed by atoms with Crippen molar-refractivity contribution < 1.29 is 9.53 Å². The van der Waals surface area contributed by atoms with Gasteiger partial charge in [0.05, 0.1) is 18.8 Å². The Balaban J connectivity index is 0.00000180. The number of nitrogens with zero attached hydrogens (tertiary/aromatic N) is 2. The Morgan fingerprint density at radius 1 is 1.26 bits per heavy atom. The van der Waals surface area contributed by atoms with Gasteiger partial charge >= 0.3 is 0 Å². The Morgan fingerprint density at radius 2 is 1.89 bits per heavy atom. The standard InChI is InChI=1S/C13H25N3O2.ClH/c1-10-6-14-4-5-15(10)9-13(17)16-7-11(2)18-12(3)8-16;/h10-12,14H,4-9H2,1-3H3;1H/t10-,11?,12?;/m0./s1. The number of hydrogen-bond donors (Lipinski definition) is 1. The Kier molecular flexibility index (Phi) is 6.53. The van der Waals surface area contributed by atoms with Crippen LogP contribution in [0.1, 0.15) is 20.8 Å². The van der Waals surface area contributed by atoms with Crippen molar-refractivity contribution in [1.82, 2.24) is 15.1 Å². The van der Waals surface area contributed by atoms with Gasteiger partial charge in [0.25, 0.3) is 0 Å². The SMILES string of the molecule is CC1CN(C(=O)CN2CCNC[C@@H]2C)CC(C)O1.Cl. The van der Waals surface area contributed by atoms with Gasteiger partial charge in [-0.15, -0.1) is 12.4 Å². The molecule has 0 aromatic carbocycles. The topological polar surface area (TPSA) is 44.8 Å². The van der Waals surface area contributed by atoms with E-state index in [0.29, 0.717) is 12.6 Å². The van der Waals surface area contributed by atoms with Crippen molar-refractivity contribution in [3.8, 4) is 0 Å². The van der Waals surface area contributed by atoms with Gasteiger partial charge in [0.2, 0.25) is 5.91 Å². The maximum atomic E-state index is 12.3. The highest BCUT2D eigenvalue weighted by Crippen LogP contribution is 2.12. The summed E-state index contributed by atoms with van der Waals surface area (Å²) in [5.74, 6) is 0.241. The number of halogens is 1. The highest BCUT2D eigenvalue weighted by atomic mass is 35.5. The lowest BCUT2D eigenvalue weighted by Crippen LogP contribution is -2.55. The van der Waals surface area contributed by atoms with E-state index in [9.17, 15) is 4.79 Å². The predicted octanol–water partition coefficient (Wildman–Crippen LogP) is 0.338. The number of piperazine rings is 1. The third-order valence-electron chi connectivity index (χ3n) is 3.75. The summed E-state index contributed by atoms with van der Waals surface area (Å²) in [4.78, 5) is 16.5. The average Bonchev–Trinajstić information content (AvgIpc) is 2.31. The van der Waals surface area contributed by atoms with E-state index in [1.54, 1.807) is 0 Å². The number of hydrogen-bond acceptors (Lipinski definition) is 4. The van der Waals surface area contributed by atoms with Crippen LogP contribution in [-0.4, -0.2) is 73.2 Å². The molecule has 2 aliphatic heterocycles. The van der Waals surface area contributed by atoms with Crippen LogP contribution < -0.4 is 5.32 Å². The zero-order chi connectivity index (χ0) is 13.1. The summed E-state index contributed by atoms with van der Waals surface area (Å²) in [5.41, 5.74) is 0. The smallest absolute Gasteiger partial charge is 0.236 e. The number of nitrogens with one attached hydrogen (secondary N) is 1. The molecule has 0 spiro atoms. The molecule has 1 amide bonds. The van der Waals surface area contributed by atoms with Crippen molar-refractivity contribution in [3.63, 3.8) is 0 Å². The first kappa shape index (κ1) is 16.7. The van der Waals surface area contributed by atoms with Gasteiger partial charge in [-0.1, -0.05) is 0 Å². The van der Waals surface area contributed by atoms with Gasteiger partial charge < -0.3 is 15.0 Å². The van der Waals surface area contributed by atoms with Crippen LogP contribution in [0.15, 0.2) is 0 Å². The van der Waals surface area contributed by atoms with E-state index in [1.165, 1.54) is 0 Å². The van der Waals surface area contributed by atoms with Crippen LogP contribution in [0, 0.1) is 0 Å². The minimum Gasteiger partial charge on any atom is -0.372 e. The molecule has 0 aliphatic carbocycles. The fourth-order valence-corrected chi connectivity index (χ4v) is 2.77. The number of carbonyl (C=O) groups is 1. The molecule has 3 atom stereocenters. The molecule has 0 bridgehead atoms. The molecule has 2 aliphatic rings. The summed E-state index contributed by atoms with van der Waals surface area (Å²) in [6, 6.07) is 0.443. The molecule has 0 aromatic rings. The first-order chi connectivity index (χ1) is 8.56. The lowest BCUT2D eigenvalue weighted by Gasteiger charge is -2.38. The number of ether oxygens (including phenoxy) is 1. The highest BCUT2D eigenvalue weighted by molar-refractivity contribution is 5.85. The molecular formula is C13H26ClN3O2. The Labute approximate surface area is 122 Å². The second-order valence-electron chi connectivity index (χ2n) is 5.58. The van der Waals surface area contributed by atoms with Crippen molar-refractivity contribution in [2.24, 2.45) is 0 Å². The van der Waals surface area contributed by atoms with Crippen molar-refractivity contribution >= 4 is 18.3 Å². The van der Waals surface area contributed by atoms with Crippen LogP contribution >= 0.6 is 12.4 Å². The van der Waals surface area contributed by atoms with E-state index in [2.05, 4.69) is 17.1 Å². The molecule has 2 rings (SSSR count). The van der Waals surface area contributed by atoms with Gasteiger partial charge in [-0.05, 0) is 20.8 Å². The zero-order valence-corrected chi connectivity index (χ0v) is 12.9. The molecule has 1 N–H and O–H groups in total. The van der Waals surface area contributed by atoms with Crippen molar-refractivity contribution in [2.45, 2.75) is 39.0 Å². The van der Waals surface area contributed by atoms with Gasteiger partial charge in [-0.25, -0.2) is 0 Å². The van der Waals surface area contributed by atoms with Gasteiger partial charge in [0.1, 0.15) is 0 Å². The minimum atomic E-state index is 0. The fraction of sp³-hybridized carbons (Fsp3) is 0.923. The average molecular weight is 292 g/mol. The van der Waals surface area contributed by atoms with Crippen LogP contribution in [0.4, 0.5) is 0 Å². The van der Waals surface area contributed by atoms with Crippen LogP contribution in [-0.2, 0) is 9.53 Å². The normalized spacial score (nSPS) is 32.8. The van der Waals surface area contributed by atoms with Gasteiger partial charge in [0.15, 0.2) is 0 Å². The summed E-state index contributed by atoms with van der Waals surface area (Å²) in [6.07, 6.45) is 0.302. The number of carbonyl (C=O) groups excluding carboxylic acids is 1. The summed E-state index contributed by atoms with van der Waals surface area (Å²) in [7, 11) is 0. The van der Waals surface area contributed by atoms with Crippen molar-refractivity contribution in [3.05, 3.63) is 0 Å². The largest absolute Gasteiger partial charge is 0.372 e. The van der Waals surface area contributed by atoms with E-state index >= 15 is 0 Å². The first-order valence-corrected chi connectivity index (χ1v) is 6.94. The molecule has 2 fully saturated rings. The number of rotatable bonds is 2. The fourth-order valence-electron chi connectivity index (χ4n) is 2.77. The highest BCUT2D eigenvalue weighted by Gasteiger charge is 2.28. The Bertz CT molecular complexity index is 294. The molecule has 2 unspecified atom stereocenters. The molecule has 0 saturated carbocycles. The molecule has 0 radical (unpaired) electrons. The summed E-state index contributed by atoms with van der Waals surface area (Å²) < 4.78 is 5.66. The van der Waals surface area contributed by atoms with Crippen LogP contribution in [0.3, 0.4) is 0 Å². The second kappa shape index (κ2) is 7.43. The summed E-state index contributed by atoms with van der Waals surface area (Å²) in [6.45, 7) is 11.1. The minimum absolute atomic E-state index is 0. The lowest BCUT2D eigenvalue weighted by atomic mass is 10.2. The van der Waals surface area contributed by atoms with Crippen molar-refractivity contribution in [2.75, 3.05) is 39.3 Å². The zero-order valence-electron chi connectivity index (χ0n) is 12.1. The van der Waals surface area contributed by atoms with Crippen molar-refractivity contribution in [1.29, 1.82) is 0 Å². The predicted molar refractivity (Wildman–Crippen MR) is 77.7 cm³/mol. The molecule has 2 heterocycles. The first-order valence-electron chi connectivity index (χ1n) is 6.94. The maximum absolute atomic E-state index is 12.3. The Hall–Kier alpha value is -0.360. The number of morpholine rings is 1. The number of amides is 1. The van der Waals surface area contributed by atoms with Crippen LogP contribution in [0.5, 0.6) is 0 Å². The van der Waals surface area contributed by atoms with Crippen LogP contribution in [0.2, 0.25) is 0 Å². The van der Waals surface area contributed by atoms with E-state index < -0.39 is 0 Å². The van der Waals surface area contributed by atoms with Gasteiger partial charge in [0, 0.05) is 38.8 Å².